The number of phenolic OH excluding ortho intramolecular Hbond substituents is 1. The zero-order chi connectivity index (χ0) is 15.7. The van der Waals surface area contributed by atoms with Crippen LogP contribution in [0.2, 0.25) is 0 Å². The fraction of sp³-hybridized carbons (Fsp3) is 0.375. The number of morpholine rings is 1. The third-order valence-electron chi connectivity index (χ3n) is 3.49. The molecule has 1 fully saturated rings. The highest BCUT2D eigenvalue weighted by Crippen LogP contribution is 2.31. The predicted octanol–water partition coefficient (Wildman–Crippen LogP) is 2.47. The molecule has 22 heavy (non-hydrogen) atoms. The number of benzene rings is 1. The number of amidine groups is 1. The summed E-state index contributed by atoms with van der Waals surface area (Å²) in [7, 11) is 0. The summed E-state index contributed by atoms with van der Waals surface area (Å²) < 4.78 is 5.71. The second-order valence-electron chi connectivity index (χ2n) is 5.56. The van der Waals surface area contributed by atoms with Crippen LogP contribution in [0.15, 0.2) is 34.2 Å². The number of phenols is 1. The SMILES string of the molecule is C[C@H]1CN(C2=NC(=O)/C(=C\c3ccc(O)cc3)S2)C[C@H](C)O1. The summed E-state index contributed by atoms with van der Waals surface area (Å²) in [4.78, 5) is 19.0. The molecule has 1 aromatic rings. The number of hydrogen-bond donors (Lipinski definition) is 1. The minimum absolute atomic E-state index is 0.132. The molecule has 3 rings (SSSR count). The molecule has 2 aliphatic heterocycles. The third-order valence-corrected chi connectivity index (χ3v) is 4.53. The summed E-state index contributed by atoms with van der Waals surface area (Å²) in [5.74, 6) is 0.000607. The van der Waals surface area contributed by atoms with E-state index in [9.17, 15) is 9.90 Å². The van der Waals surface area contributed by atoms with Crippen molar-refractivity contribution in [1.29, 1.82) is 0 Å². The van der Waals surface area contributed by atoms with E-state index in [4.69, 9.17) is 4.74 Å². The van der Waals surface area contributed by atoms with Gasteiger partial charge in [-0.05, 0) is 49.4 Å². The van der Waals surface area contributed by atoms with Gasteiger partial charge >= 0.3 is 0 Å². The minimum Gasteiger partial charge on any atom is -0.508 e. The summed E-state index contributed by atoms with van der Waals surface area (Å²) in [5.41, 5.74) is 0.869. The van der Waals surface area contributed by atoms with Crippen LogP contribution in [-0.2, 0) is 9.53 Å². The number of thioether (sulfide) groups is 1. The van der Waals surface area contributed by atoms with E-state index in [-0.39, 0.29) is 23.9 Å². The summed E-state index contributed by atoms with van der Waals surface area (Å²) in [6.07, 6.45) is 2.07. The van der Waals surface area contributed by atoms with Crippen molar-refractivity contribution in [3.8, 4) is 5.75 Å². The van der Waals surface area contributed by atoms with Gasteiger partial charge in [-0.15, -0.1) is 0 Å². The number of aliphatic imine (C=N–C) groups is 1. The van der Waals surface area contributed by atoms with Crippen molar-refractivity contribution in [3.63, 3.8) is 0 Å². The van der Waals surface area contributed by atoms with E-state index in [1.165, 1.54) is 11.8 Å². The maximum absolute atomic E-state index is 12.1. The number of hydrogen-bond acceptors (Lipinski definition) is 5. The molecule has 1 aromatic carbocycles. The molecule has 1 amide bonds. The Labute approximate surface area is 133 Å². The first kappa shape index (κ1) is 15.1. The van der Waals surface area contributed by atoms with E-state index in [1.54, 1.807) is 30.3 Å². The van der Waals surface area contributed by atoms with E-state index in [0.29, 0.717) is 4.91 Å². The second-order valence-corrected chi connectivity index (χ2v) is 6.57. The monoisotopic (exact) mass is 318 g/mol. The number of nitrogens with zero attached hydrogens (tertiary/aromatic N) is 2. The Kier molecular flexibility index (Phi) is 4.22. The zero-order valence-electron chi connectivity index (χ0n) is 12.5. The molecular weight excluding hydrogens is 300 g/mol. The fourth-order valence-corrected chi connectivity index (χ4v) is 3.52. The van der Waals surface area contributed by atoms with Crippen LogP contribution in [-0.4, -0.2) is 46.4 Å². The summed E-state index contributed by atoms with van der Waals surface area (Å²) >= 11 is 1.40. The Morgan fingerprint density at radius 3 is 2.55 bits per heavy atom. The molecular formula is C16H18N2O3S. The molecule has 0 unspecified atom stereocenters. The van der Waals surface area contributed by atoms with E-state index < -0.39 is 0 Å². The van der Waals surface area contributed by atoms with Gasteiger partial charge in [0.15, 0.2) is 5.17 Å². The number of carbonyl (C=O) groups is 1. The van der Waals surface area contributed by atoms with E-state index >= 15 is 0 Å². The lowest BCUT2D eigenvalue weighted by atomic mass is 10.2. The standard InChI is InChI=1S/C16H18N2O3S/c1-10-8-18(9-11(2)21-10)16-17-15(20)14(22-16)7-12-3-5-13(19)6-4-12/h3-7,10-11,19H,8-9H2,1-2H3/b14-7+/t10-,11-/m0/s1. The molecule has 0 saturated carbocycles. The Morgan fingerprint density at radius 1 is 1.27 bits per heavy atom. The lowest BCUT2D eigenvalue weighted by Gasteiger charge is -2.35. The first-order valence-corrected chi connectivity index (χ1v) is 8.05. The Hall–Kier alpha value is -1.79. The first-order chi connectivity index (χ1) is 10.5. The molecule has 2 heterocycles. The first-order valence-electron chi connectivity index (χ1n) is 7.23. The summed E-state index contributed by atoms with van der Waals surface area (Å²) in [6.45, 7) is 5.54. The number of carbonyl (C=O) groups excluding carboxylic acids is 1. The molecule has 116 valence electrons. The van der Waals surface area contributed by atoms with Crippen LogP contribution in [0.25, 0.3) is 6.08 Å². The Bertz CT molecular complexity index is 629. The number of ether oxygens (including phenoxy) is 1. The zero-order valence-corrected chi connectivity index (χ0v) is 13.3. The molecule has 0 bridgehead atoms. The smallest absolute Gasteiger partial charge is 0.286 e. The molecule has 0 aromatic heterocycles. The van der Waals surface area contributed by atoms with Gasteiger partial charge in [0.25, 0.3) is 5.91 Å². The predicted molar refractivity (Wildman–Crippen MR) is 87.7 cm³/mol. The quantitative estimate of drug-likeness (QED) is 0.806. The van der Waals surface area contributed by atoms with Crippen molar-refractivity contribution in [2.45, 2.75) is 26.1 Å². The molecule has 0 radical (unpaired) electrons. The van der Waals surface area contributed by atoms with Gasteiger partial charge in [0.05, 0.1) is 17.1 Å². The van der Waals surface area contributed by atoms with Crippen molar-refractivity contribution in [3.05, 3.63) is 34.7 Å². The average Bonchev–Trinajstić information content (AvgIpc) is 2.82. The van der Waals surface area contributed by atoms with Crippen LogP contribution < -0.4 is 0 Å². The van der Waals surface area contributed by atoms with Crippen LogP contribution in [0.5, 0.6) is 5.75 Å². The molecule has 2 aliphatic rings. The van der Waals surface area contributed by atoms with Gasteiger partial charge < -0.3 is 14.7 Å². The van der Waals surface area contributed by atoms with E-state index in [2.05, 4.69) is 9.89 Å². The topological polar surface area (TPSA) is 62.1 Å². The maximum Gasteiger partial charge on any atom is 0.286 e. The van der Waals surface area contributed by atoms with Crippen molar-refractivity contribution >= 4 is 28.9 Å². The largest absolute Gasteiger partial charge is 0.508 e. The van der Waals surface area contributed by atoms with Gasteiger partial charge in [0.2, 0.25) is 0 Å². The minimum atomic E-state index is -0.208. The molecule has 1 N–H and O–H groups in total. The summed E-state index contributed by atoms with van der Waals surface area (Å²) in [5, 5.41) is 10.0. The van der Waals surface area contributed by atoms with Gasteiger partial charge in [-0.25, -0.2) is 0 Å². The average molecular weight is 318 g/mol. The van der Waals surface area contributed by atoms with Gasteiger partial charge in [-0.3, -0.25) is 4.79 Å². The van der Waals surface area contributed by atoms with Crippen LogP contribution >= 0.6 is 11.8 Å². The van der Waals surface area contributed by atoms with E-state index in [0.717, 1.165) is 23.8 Å². The highest BCUT2D eigenvalue weighted by Gasteiger charge is 2.30. The molecule has 0 aliphatic carbocycles. The van der Waals surface area contributed by atoms with Gasteiger partial charge in [0.1, 0.15) is 5.75 Å². The number of aromatic hydroxyl groups is 1. The molecule has 2 atom stereocenters. The number of rotatable bonds is 1. The normalized spacial score (nSPS) is 27.4. The van der Waals surface area contributed by atoms with Gasteiger partial charge in [-0.1, -0.05) is 12.1 Å². The molecule has 6 heteroatoms. The van der Waals surface area contributed by atoms with Crippen LogP contribution in [0.3, 0.4) is 0 Å². The van der Waals surface area contributed by atoms with Crippen molar-refractivity contribution in [2.24, 2.45) is 4.99 Å². The molecule has 5 nitrogen and oxygen atoms in total. The van der Waals surface area contributed by atoms with Crippen LogP contribution in [0.1, 0.15) is 19.4 Å². The number of amides is 1. The van der Waals surface area contributed by atoms with Crippen molar-refractivity contribution in [2.75, 3.05) is 13.1 Å². The van der Waals surface area contributed by atoms with Crippen molar-refractivity contribution < 1.29 is 14.6 Å². The van der Waals surface area contributed by atoms with Crippen LogP contribution in [0, 0.1) is 0 Å². The van der Waals surface area contributed by atoms with Gasteiger partial charge in [0, 0.05) is 13.1 Å². The lowest BCUT2D eigenvalue weighted by molar-refractivity contribution is -0.113. The molecule has 0 spiro atoms. The lowest BCUT2D eigenvalue weighted by Crippen LogP contribution is -2.47. The van der Waals surface area contributed by atoms with Crippen LogP contribution in [0.4, 0.5) is 0 Å². The second kappa shape index (κ2) is 6.14. The summed E-state index contributed by atoms with van der Waals surface area (Å²) in [6, 6.07) is 6.74. The third kappa shape index (κ3) is 3.34. The fourth-order valence-electron chi connectivity index (χ4n) is 2.59. The maximum atomic E-state index is 12.1. The molecule has 1 saturated heterocycles. The highest BCUT2D eigenvalue weighted by atomic mass is 32.2. The highest BCUT2D eigenvalue weighted by molar-refractivity contribution is 8.18. The Balaban J connectivity index is 1.74. The van der Waals surface area contributed by atoms with Gasteiger partial charge in [-0.2, -0.15) is 4.99 Å². The van der Waals surface area contributed by atoms with E-state index in [1.807, 2.05) is 13.8 Å². The van der Waals surface area contributed by atoms with Crippen molar-refractivity contribution in [1.82, 2.24) is 4.90 Å². The Morgan fingerprint density at radius 2 is 1.91 bits per heavy atom.